The molecule has 1 aliphatic heterocycles. The zero-order valence-corrected chi connectivity index (χ0v) is 17.4. The van der Waals surface area contributed by atoms with Crippen LogP contribution < -0.4 is 4.90 Å². The second-order valence-corrected chi connectivity index (χ2v) is 7.08. The number of hydrogen-bond donors (Lipinski definition) is 0. The fraction of sp³-hybridized carbons (Fsp3) is 0.263. The number of aliphatic imine (C=N–C) groups is 1. The van der Waals surface area contributed by atoms with Crippen LogP contribution in [0.3, 0.4) is 0 Å². The number of aryl methyl sites for hydroxylation is 1. The summed E-state index contributed by atoms with van der Waals surface area (Å²) in [6, 6.07) is 13.7. The fourth-order valence-electron chi connectivity index (χ4n) is 2.61. The Balaban J connectivity index is 0.00000261. The maximum atomic E-state index is 12.7. The first-order valence-corrected chi connectivity index (χ1v) is 9.32. The van der Waals surface area contributed by atoms with Gasteiger partial charge in [0.15, 0.2) is 11.0 Å². The molecule has 0 amide bonds. The fourth-order valence-corrected chi connectivity index (χ4v) is 3.57. The first kappa shape index (κ1) is 21.1. The number of thioether (sulfide) groups is 1. The van der Waals surface area contributed by atoms with Crippen LogP contribution in [0.25, 0.3) is 0 Å². The summed E-state index contributed by atoms with van der Waals surface area (Å²) in [5.41, 5.74) is 2.49. The topological polar surface area (TPSA) is 75.8 Å². The zero-order valence-electron chi connectivity index (χ0n) is 14.8. The van der Waals surface area contributed by atoms with Crippen molar-refractivity contribution in [1.82, 2.24) is 0 Å². The minimum atomic E-state index is -0.472. The van der Waals surface area contributed by atoms with Crippen LogP contribution in [0.15, 0.2) is 53.5 Å². The SMILES string of the molecule is Br.Cc1ccc(N(CC(=O)c2ccc([N+](=O)[O-])cc2)C2=NCCCS2)cc1. The Morgan fingerprint density at radius 3 is 2.41 bits per heavy atom. The van der Waals surface area contributed by atoms with E-state index in [1.54, 1.807) is 11.8 Å². The molecule has 2 aromatic carbocycles. The highest BCUT2D eigenvalue weighted by Gasteiger charge is 2.21. The number of Topliss-reactive ketones (excluding diaryl/α,β-unsaturated/α-hetero) is 1. The third-order valence-corrected chi connectivity index (χ3v) is 5.16. The molecule has 3 rings (SSSR count). The van der Waals surface area contributed by atoms with E-state index in [4.69, 9.17) is 0 Å². The number of nitro groups is 1. The van der Waals surface area contributed by atoms with Crippen molar-refractivity contribution in [3.63, 3.8) is 0 Å². The number of amidine groups is 1. The van der Waals surface area contributed by atoms with Gasteiger partial charge in [0.05, 0.1) is 11.5 Å². The number of carbonyl (C=O) groups excluding carboxylic acids is 1. The van der Waals surface area contributed by atoms with Crippen molar-refractivity contribution in [3.8, 4) is 0 Å². The molecule has 0 bridgehead atoms. The predicted molar refractivity (Wildman–Crippen MR) is 116 cm³/mol. The lowest BCUT2D eigenvalue weighted by atomic mass is 10.1. The first-order valence-electron chi connectivity index (χ1n) is 8.34. The maximum Gasteiger partial charge on any atom is 0.269 e. The van der Waals surface area contributed by atoms with Crippen LogP contribution in [0, 0.1) is 17.0 Å². The van der Waals surface area contributed by atoms with Gasteiger partial charge in [0.2, 0.25) is 0 Å². The summed E-state index contributed by atoms with van der Waals surface area (Å²) >= 11 is 1.65. The quantitative estimate of drug-likeness (QED) is 0.376. The maximum absolute atomic E-state index is 12.7. The van der Waals surface area contributed by atoms with Crippen molar-refractivity contribution in [2.45, 2.75) is 13.3 Å². The molecule has 0 atom stereocenters. The average molecular weight is 450 g/mol. The van der Waals surface area contributed by atoms with Gasteiger partial charge in [-0.15, -0.1) is 17.0 Å². The predicted octanol–water partition coefficient (Wildman–Crippen LogP) is 4.66. The summed E-state index contributed by atoms with van der Waals surface area (Å²) in [4.78, 5) is 29.5. The van der Waals surface area contributed by atoms with E-state index in [-0.39, 0.29) is 35.0 Å². The highest BCUT2D eigenvalue weighted by Crippen LogP contribution is 2.24. The number of anilines is 1. The van der Waals surface area contributed by atoms with E-state index < -0.39 is 4.92 Å². The van der Waals surface area contributed by atoms with Gasteiger partial charge in [-0.3, -0.25) is 19.9 Å². The number of nitrogens with zero attached hydrogens (tertiary/aromatic N) is 3. The lowest BCUT2D eigenvalue weighted by Crippen LogP contribution is -2.35. The zero-order chi connectivity index (χ0) is 18.5. The molecule has 0 saturated carbocycles. The molecule has 0 radical (unpaired) electrons. The lowest BCUT2D eigenvalue weighted by molar-refractivity contribution is -0.384. The Morgan fingerprint density at radius 1 is 1.19 bits per heavy atom. The largest absolute Gasteiger partial charge is 0.313 e. The van der Waals surface area contributed by atoms with Crippen molar-refractivity contribution < 1.29 is 9.72 Å². The number of rotatable bonds is 5. The van der Waals surface area contributed by atoms with E-state index >= 15 is 0 Å². The molecule has 0 unspecified atom stereocenters. The van der Waals surface area contributed by atoms with Crippen LogP contribution in [0.2, 0.25) is 0 Å². The number of halogens is 1. The minimum Gasteiger partial charge on any atom is -0.313 e. The van der Waals surface area contributed by atoms with Gasteiger partial charge in [-0.1, -0.05) is 29.5 Å². The second kappa shape index (κ2) is 9.66. The van der Waals surface area contributed by atoms with Gasteiger partial charge in [-0.2, -0.15) is 0 Å². The van der Waals surface area contributed by atoms with Crippen LogP contribution in [-0.4, -0.2) is 34.7 Å². The summed E-state index contributed by atoms with van der Waals surface area (Å²) in [6.07, 6.45) is 1.03. The number of non-ortho nitro benzene ring substituents is 1. The molecule has 0 aromatic heterocycles. The smallest absolute Gasteiger partial charge is 0.269 e. The van der Waals surface area contributed by atoms with Gasteiger partial charge in [0.25, 0.3) is 5.69 Å². The Hall–Kier alpha value is -2.19. The van der Waals surface area contributed by atoms with Crippen molar-refractivity contribution in [2.75, 3.05) is 23.7 Å². The molecule has 8 heteroatoms. The molecular formula is C19H20BrN3O3S. The third-order valence-electron chi connectivity index (χ3n) is 4.06. The molecule has 142 valence electrons. The number of hydrogen-bond acceptors (Lipinski definition) is 6. The first-order chi connectivity index (χ1) is 12.5. The van der Waals surface area contributed by atoms with Gasteiger partial charge >= 0.3 is 0 Å². The van der Waals surface area contributed by atoms with Gasteiger partial charge in [-0.25, -0.2) is 0 Å². The summed E-state index contributed by atoms with van der Waals surface area (Å²) in [7, 11) is 0. The Kier molecular flexibility index (Phi) is 7.55. The van der Waals surface area contributed by atoms with Crippen LogP contribution in [-0.2, 0) is 0 Å². The number of benzene rings is 2. The van der Waals surface area contributed by atoms with Crippen LogP contribution in [0.4, 0.5) is 11.4 Å². The normalized spacial score (nSPS) is 13.3. The summed E-state index contributed by atoms with van der Waals surface area (Å²) < 4.78 is 0. The van der Waals surface area contributed by atoms with Gasteiger partial charge in [0, 0.05) is 35.7 Å². The van der Waals surface area contributed by atoms with Crippen molar-refractivity contribution in [2.24, 2.45) is 4.99 Å². The van der Waals surface area contributed by atoms with E-state index in [2.05, 4.69) is 4.99 Å². The molecule has 1 aliphatic rings. The number of carbonyl (C=O) groups is 1. The number of ketones is 1. The summed E-state index contributed by atoms with van der Waals surface area (Å²) in [5.74, 6) is 0.877. The lowest BCUT2D eigenvalue weighted by Gasteiger charge is -2.27. The Morgan fingerprint density at radius 2 is 1.85 bits per heavy atom. The van der Waals surface area contributed by atoms with Crippen molar-refractivity contribution in [1.29, 1.82) is 0 Å². The monoisotopic (exact) mass is 449 g/mol. The molecule has 0 N–H and O–H groups in total. The highest BCUT2D eigenvalue weighted by molar-refractivity contribution is 8.93. The molecule has 0 saturated heterocycles. The summed E-state index contributed by atoms with van der Waals surface area (Å²) in [6.45, 7) is 2.92. The van der Waals surface area contributed by atoms with E-state index in [1.165, 1.54) is 24.3 Å². The molecule has 0 fully saturated rings. The average Bonchev–Trinajstić information content (AvgIpc) is 2.67. The van der Waals surface area contributed by atoms with Gasteiger partial charge in [0.1, 0.15) is 0 Å². The third kappa shape index (κ3) is 5.40. The van der Waals surface area contributed by atoms with E-state index in [1.807, 2.05) is 36.1 Å². The molecular weight excluding hydrogens is 430 g/mol. The minimum absolute atomic E-state index is 0. The standard InChI is InChI=1S/C19H19N3O3S.BrH/c1-14-3-7-16(8-4-14)21(19-20-11-2-12-26-19)13-18(23)15-5-9-17(10-6-15)22(24)25;/h3-10H,2,11-13H2,1H3;1H. The van der Waals surface area contributed by atoms with Crippen LogP contribution in [0.5, 0.6) is 0 Å². The molecule has 1 heterocycles. The van der Waals surface area contributed by atoms with Crippen LogP contribution in [0.1, 0.15) is 22.3 Å². The van der Waals surface area contributed by atoms with Crippen molar-refractivity contribution in [3.05, 3.63) is 69.8 Å². The highest BCUT2D eigenvalue weighted by atomic mass is 79.9. The Labute approximate surface area is 172 Å². The Bertz CT molecular complexity index is 838. The summed E-state index contributed by atoms with van der Waals surface area (Å²) in [5, 5.41) is 11.6. The molecule has 6 nitrogen and oxygen atoms in total. The van der Waals surface area contributed by atoms with Gasteiger partial charge < -0.3 is 4.90 Å². The van der Waals surface area contributed by atoms with Crippen LogP contribution >= 0.6 is 28.7 Å². The molecule has 27 heavy (non-hydrogen) atoms. The molecule has 2 aromatic rings. The van der Waals surface area contributed by atoms with E-state index in [0.29, 0.717) is 5.56 Å². The molecule has 0 spiro atoms. The second-order valence-electron chi connectivity index (χ2n) is 6.02. The van der Waals surface area contributed by atoms with E-state index in [0.717, 1.165) is 35.1 Å². The van der Waals surface area contributed by atoms with Crippen molar-refractivity contribution >= 4 is 51.1 Å². The number of nitro benzene ring substituents is 1. The molecule has 0 aliphatic carbocycles. The van der Waals surface area contributed by atoms with E-state index in [9.17, 15) is 14.9 Å². The van der Waals surface area contributed by atoms with Gasteiger partial charge in [-0.05, 0) is 37.6 Å².